The van der Waals surface area contributed by atoms with Crippen LogP contribution in [0.2, 0.25) is 0 Å². The zero-order chi connectivity index (χ0) is 16.0. The minimum Gasteiger partial charge on any atom is -0.462 e. The molecule has 0 atom stereocenters. The highest BCUT2D eigenvalue weighted by Gasteiger charge is 2.24. The van der Waals surface area contributed by atoms with E-state index in [0.29, 0.717) is 0 Å². The van der Waals surface area contributed by atoms with E-state index in [-0.39, 0.29) is 17.7 Å². The third-order valence-corrected chi connectivity index (χ3v) is 2.55. The Bertz CT molecular complexity index is 517. The van der Waals surface area contributed by atoms with Gasteiger partial charge in [-0.3, -0.25) is 0 Å². The molecule has 1 rings (SSSR count). The van der Waals surface area contributed by atoms with Gasteiger partial charge in [0.2, 0.25) is 0 Å². The van der Waals surface area contributed by atoms with E-state index in [1.54, 1.807) is 20.8 Å². The van der Waals surface area contributed by atoms with Gasteiger partial charge in [-0.2, -0.15) is 0 Å². The number of hydrogen-bond donors (Lipinski definition) is 0. The number of benzene rings is 1. The van der Waals surface area contributed by atoms with Gasteiger partial charge in [0.25, 0.3) is 0 Å². The summed E-state index contributed by atoms with van der Waals surface area (Å²) < 4.78 is 23.6. The molecule has 0 radical (unpaired) electrons. The van der Waals surface area contributed by atoms with Gasteiger partial charge in [-0.25, -0.2) is 14.0 Å². The van der Waals surface area contributed by atoms with Crippen molar-refractivity contribution < 1.29 is 23.5 Å². The summed E-state index contributed by atoms with van der Waals surface area (Å²) >= 11 is 0. The van der Waals surface area contributed by atoms with Crippen molar-refractivity contribution in [3.8, 4) is 0 Å². The Hall–Kier alpha value is -1.91. The Morgan fingerprint density at radius 2 is 1.81 bits per heavy atom. The third-order valence-electron chi connectivity index (χ3n) is 2.55. The van der Waals surface area contributed by atoms with Crippen LogP contribution in [0, 0.1) is 5.82 Å². The monoisotopic (exact) mass is 296 g/mol. The Morgan fingerprint density at radius 1 is 1.14 bits per heavy atom. The fourth-order valence-electron chi connectivity index (χ4n) is 1.58. The summed E-state index contributed by atoms with van der Waals surface area (Å²) in [7, 11) is 0. The van der Waals surface area contributed by atoms with Crippen LogP contribution in [0.25, 0.3) is 0 Å². The first-order valence-electron chi connectivity index (χ1n) is 6.94. The summed E-state index contributed by atoms with van der Waals surface area (Å²) in [5, 5.41) is 0. The molecule has 0 fully saturated rings. The average molecular weight is 296 g/mol. The molecule has 5 heteroatoms. The predicted octanol–water partition coefficient (Wildman–Crippen LogP) is 3.74. The molecule has 116 valence electrons. The number of carbonyl (C=O) groups excluding carboxylic acids is 2. The molecule has 0 spiro atoms. The highest BCUT2D eigenvalue weighted by Crippen LogP contribution is 2.18. The Labute approximate surface area is 124 Å². The van der Waals surface area contributed by atoms with Crippen LogP contribution >= 0.6 is 0 Å². The van der Waals surface area contributed by atoms with E-state index >= 15 is 0 Å². The molecule has 0 N–H and O–H groups in total. The lowest BCUT2D eigenvalue weighted by Crippen LogP contribution is -2.25. The maximum absolute atomic E-state index is 13.4. The second-order valence-electron chi connectivity index (χ2n) is 5.68. The normalized spacial score (nSPS) is 11.1. The van der Waals surface area contributed by atoms with Crippen LogP contribution in [0.4, 0.5) is 4.39 Å². The first kappa shape index (κ1) is 17.1. The molecule has 1 aromatic carbocycles. The van der Waals surface area contributed by atoms with Gasteiger partial charge >= 0.3 is 11.9 Å². The number of carbonyl (C=O) groups is 2. The molecular weight excluding hydrogens is 275 g/mol. The van der Waals surface area contributed by atoms with Gasteiger partial charge in [0.05, 0.1) is 17.7 Å². The number of esters is 2. The molecule has 21 heavy (non-hydrogen) atoms. The van der Waals surface area contributed by atoms with E-state index in [1.165, 1.54) is 6.07 Å². The van der Waals surface area contributed by atoms with E-state index in [1.807, 2.05) is 6.92 Å². The first-order chi connectivity index (χ1) is 9.74. The summed E-state index contributed by atoms with van der Waals surface area (Å²) in [5.74, 6) is -2.00. The maximum Gasteiger partial charge on any atom is 0.339 e. The van der Waals surface area contributed by atoms with E-state index in [4.69, 9.17) is 9.47 Å². The van der Waals surface area contributed by atoms with Gasteiger partial charge < -0.3 is 9.47 Å². The quantitative estimate of drug-likeness (QED) is 0.613. The zero-order valence-corrected chi connectivity index (χ0v) is 12.9. The van der Waals surface area contributed by atoms with E-state index in [0.717, 1.165) is 25.0 Å². The molecule has 0 aliphatic carbocycles. The van der Waals surface area contributed by atoms with Gasteiger partial charge in [0, 0.05) is 0 Å². The summed E-state index contributed by atoms with van der Waals surface area (Å²) in [6, 6.07) is 3.34. The van der Waals surface area contributed by atoms with Crippen LogP contribution in [0.5, 0.6) is 0 Å². The topological polar surface area (TPSA) is 52.6 Å². The van der Waals surface area contributed by atoms with Crippen LogP contribution in [-0.4, -0.2) is 24.1 Å². The molecule has 0 unspecified atom stereocenters. The fourth-order valence-corrected chi connectivity index (χ4v) is 1.58. The van der Waals surface area contributed by atoms with E-state index < -0.39 is 23.4 Å². The highest BCUT2D eigenvalue weighted by molar-refractivity contribution is 6.03. The molecule has 0 saturated carbocycles. The summed E-state index contributed by atoms with van der Waals surface area (Å²) in [4.78, 5) is 24.0. The van der Waals surface area contributed by atoms with Crippen molar-refractivity contribution in [2.24, 2.45) is 0 Å². The maximum atomic E-state index is 13.4. The van der Waals surface area contributed by atoms with Crippen molar-refractivity contribution in [3.63, 3.8) is 0 Å². The van der Waals surface area contributed by atoms with Crippen LogP contribution in [-0.2, 0) is 9.47 Å². The standard InChI is InChI=1S/C16H21FO4/c1-5-6-9-20-14(18)12-8-7-11(17)10-13(12)15(19)21-16(2,3)4/h7-8,10H,5-6,9H2,1-4H3. The van der Waals surface area contributed by atoms with Gasteiger partial charge in [-0.1, -0.05) is 13.3 Å². The molecular formula is C16H21FO4. The second kappa shape index (κ2) is 7.20. The van der Waals surface area contributed by atoms with Crippen LogP contribution < -0.4 is 0 Å². The minimum atomic E-state index is -0.746. The van der Waals surface area contributed by atoms with E-state index in [2.05, 4.69) is 0 Å². The molecule has 0 aromatic heterocycles. The Morgan fingerprint density at radius 3 is 2.38 bits per heavy atom. The van der Waals surface area contributed by atoms with Crippen LogP contribution in [0.3, 0.4) is 0 Å². The van der Waals surface area contributed by atoms with Gasteiger partial charge in [-0.15, -0.1) is 0 Å². The molecule has 4 nitrogen and oxygen atoms in total. The van der Waals surface area contributed by atoms with Crippen molar-refractivity contribution in [1.82, 2.24) is 0 Å². The Kier molecular flexibility index (Phi) is 5.88. The lowest BCUT2D eigenvalue weighted by molar-refractivity contribution is 0.00635. The molecule has 0 aliphatic rings. The molecule has 0 amide bonds. The number of rotatable bonds is 5. The minimum absolute atomic E-state index is 0.0155. The number of hydrogen-bond acceptors (Lipinski definition) is 4. The van der Waals surface area contributed by atoms with Crippen molar-refractivity contribution in [1.29, 1.82) is 0 Å². The van der Waals surface area contributed by atoms with Gasteiger partial charge in [0.1, 0.15) is 11.4 Å². The molecule has 0 bridgehead atoms. The van der Waals surface area contributed by atoms with Gasteiger partial charge in [0.15, 0.2) is 0 Å². The predicted molar refractivity (Wildman–Crippen MR) is 76.8 cm³/mol. The SMILES string of the molecule is CCCCOC(=O)c1ccc(F)cc1C(=O)OC(C)(C)C. The molecule has 1 aromatic rings. The summed E-state index contributed by atoms with van der Waals surface area (Å²) in [6.07, 6.45) is 1.62. The molecule has 0 saturated heterocycles. The van der Waals surface area contributed by atoms with Crippen molar-refractivity contribution in [2.45, 2.75) is 46.1 Å². The number of unbranched alkanes of at least 4 members (excludes halogenated alkanes) is 1. The van der Waals surface area contributed by atoms with Crippen molar-refractivity contribution in [2.75, 3.05) is 6.61 Å². The van der Waals surface area contributed by atoms with Crippen molar-refractivity contribution >= 4 is 11.9 Å². The summed E-state index contributed by atoms with van der Waals surface area (Å²) in [6.45, 7) is 7.33. The number of halogens is 1. The summed E-state index contributed by atoms with van der Waals surface area (Å²) in [5.41, 5.74) is -0.833. The highest BCUT2D eigenvalue weighted by atomic mass is 19.1. The lowest BCUT2D eigenvalue weighted by atomic mass is 10.1. The van der Waals surface area contributed by atoms with E-state index in [9.17, 15) is 14.0 Å². The largest absolute Gasteiger partial charge is 0.462 e. The zero-order valence-electron chi connectivity index (χ0n) is 12.9. The smallest absolute Gasteiger partial charge is 0.339 e. The van der Waals surface area contributed by atoms with Gasteiger partial charge in [-0.05, 0) is 45.4 Å². The van der Waals surface area contributed by atoms with Crippen LogP contribution in [0.15, 0.2) is 18.2 Å². The molecule has 0 heterocycles. The Balaban J connectivity index is 2.99. The number of ether oxygens (including phenoxy) is 2. The van der Waals surface area contributed by atoms with Crippen LogP contribution in [0.1, 0.15) is 61.3 Å². The first-order valence-corrected chi connectivity index (χ1v) is 6.94. The van der Waals surface area contributed by atoms with Crippen molar-refractivity contribution in [3.05, 3.63) is 35.1 Å². The third kappa shape index (κ3) is 5.53. The lowest BCUT2D eigenvalue weighted by Gasteiger charge is -2.20. The fraction of sp³-hybridized carbons (Fsp3) is 0.500. The average Bonchev–Trinajstić information content (AvgIpc) is 2.36. The molecule has 0 aliphatic heterocycles. The second-order valence-corrected chi connectivity index (χ2v) is 5.68.